The molecule has 0 N–H and O–H groups in total. The van der Waals surface area contributed by atoms with Gasteiger partial charge >= 0.3 is 0 Å². The van der Waals surface area contributed by atoms with Crippen LogP contribution in [0.2, 0.25) is 0 Å². The van der Waals surface area contributed by atoms with Crippen molar-refractivity contribution in [3.8, 4) is 5.75 Å². The van der Waals surface area contributed by atoms with Gasteiger partial charge in [-0.1, -0.05) is 18.7 Å². The summed E-state index contributed by atoms with van der Waals surface area (Å²) in [6, 6.07) is 10.6. The van der Waals surface area contributed by atoms with Gasteiger partial charge in [0.25, 0.3) is 5.91 Å². The minimum absolute atomic E-state index is 0.0485. The summed E-state index contributed by atoms with van der Waals surface area (Å²) in [5, 5.41) is 0.758. The summed E-state index contributed by atoms with van der Waals surface area (Å²) in [4.78, 5) is 15.0. The van der Waals surface area contributed by atoms with Crippen molar-refractivity contribution in [2.75, 3.05) is 19.7 Å². The normalized spacial score (nSPS) is 13.8. The van der Waals surface area contributed by atoms with Gasteiger partial charge in [-0.25, -0.2) is 8.78 Å². The molecule has 0 radical (unpaired) electrons. The number of aromatic nitrogens is 1. The molecule has 0 unspecified atom stereocenters. The predicted molar refractivity (Wildman–Crippen MR) is 108 cm³/mol. The molecule has 29 heavy (non-hydrogen) atoms. The molecular formula is C23H22F2N2O2. The first-order valence-electron chi connectivity index (χ1n) is 9.67. The number of fused-ring (bicyclic) bond motifs is 1. The van der Waals surface area contributed by atoms with Crippen LogP contribution in [-0.2, 0) is 6.54 Å². The van der Waals surface area contributed by atoms with Gasteiger partial charge in [-0.3, -0.25) is 4.79 Å². The van der Waals surface area contributed by atoms with E-state index < -0.39 is 11.6 Å². The number of nitrogens with zero attached hydrogens (tertiary/aromatic N) is 2. The molecule has 4 nitrogen and oxygen atoms in total. The first-order chi connectivity index (χ1) is 14.1. The maximum Gasteiger partial charge on any atom is 0.270 e. The number of carbonyl (C=O) groups excluding carboxylic acids is 1. The third kappa shape index (κ3) is 3.75. The highest BCUT2D eigenvalue weighted by molar-refractivity contribution is 6.00. The Bertz CT molecular complexity index is 1070. The van der Waals surface area contributed by atoms with Crippen molar-refractivity contribution < 1.29 is 18.3 Å². The third-order valence-corrected chi connectivity index (χ3v) is 5.21. The molecule has 150 valence electrons. The summed E-state index contributed by atoms with van der Waals surface area (Å²) < 4.78 is 35.5. The van der Waals surface area contributed by atoms with Gasteiger partial charge in [-0.05, 0) is 49.2 Å². The van der Waals surface area contributed by atoms with E-state index in [2.05, 4.69) is 6.58 Å². The summed E-state index contributed by atoms with van der Waals surface area (Å²) in [5.41, 5.74) is 1.37. The minimum Gasteiger partial charge on any atom is -0.489 e. The number of ether oxygens (including phenoxy) is 1. The summed E-state index contributed by atoms with van der Waals surface area (Å²) in [7, 11) is 0. The molecule has 1 aromatic heterocycles. The Labute approximate surface area is 168 Å². The van der Waals surface area contributed by atoms with Crippen LogP contribution in [0, 0.1) is 11.6 Å². The number of benzene rings is 2. The van der Waals surface area contributed by atoms with Crippen LogP contribution in [0.3, 0.4) is 0 Å². The Morgan fingerprint density at radius 2 is 1.93 bits per heavy atom. The van der Waals surface area contributed by atoms with Gasteiger partial charge in [0.15, 0.2) is 0 Å². The predicted octanol–water partition coefficient (Wildman–Crippen LogP) is 4.77. The quantitative estimate of drug-likeness (QED) is 0.563. The molecule has 1 amide bonds. The summed E-state index contributed by atoms with van der Waals surface area (Å²) in [6.07, 6.45) is 3.59. The molecule has 0 bridgehead atoms. The van der Waals surface area contributed by atoms with E-state index in [1.807, 2.05) is 18.2 Å². The van der Waals surface area contributed by atoms with Crippen molar-refractivity contribution in [2.45, 2.75) is 19.4 Å². The molecule has 2 heterocycles. The Morgan fingerprint density at radius 3 is 2.69 bits per heavy atom. The molecule has 1 fully saturated rings. The van der Waals surface area contributed by atoms with E-state index in [9.17, 15) is 13.6 Å². The van der Waals surface area contributed by atoms with E-state index in [0.29, 0.717) is 31.1 Å². The zero-order valence-electron chi connectivity index (χ0n) is 16.0. The second-order valence-corrected chi connectivity index (χ2v) is 7.14. The first-order valence-corrected chi connectivity index (χ1v) is 9.67. The average Bonchev–Trinajstić information content (AvgIpc) is 3.37. The van der Waals surface area contributed by atoms with Crippen LogP contribution in [0.25, 0.3) is 10.9 Å². The van der Waals surface area contributed by atoms with E-state index in [4.69, 9.17) is 4.74 Å². The Hall–Kier alpha value is -3.15. The summed E-state index contributed by atoms with van der Waals surface area (Å²) in [6.45, 7) is 5.45. The maximum atomic E-state index is 14.3. The molecule has 1 saturated heterocycles. The Balaban J connectivity index is 1.84. The largest absolute Gasteiger partial charge is 0.489 e. The van der Waals surface area contributed by atoms with Crippen molar-refractivity contribution in [1.29, 1.82) is 0 Å². The molecule has 6 heteroatoms. The SMILES string of the molecule is C=CCOc1cccc2c1cc(C(=O)N1CCCC1)n2Cc1cc(F)ccc1F. The summed E-state index contributed by atoms with van der Waals surface area (Å²) >= 11 is 0. The van der Waals surface area contributed by atoms with Crippen LogP contribution >= 0.6 is 0 Å². The molecule has 1 aliphatic heterocycles. The molecule has 2 aromatic carbocycles. The van der Waals surface area contributed by atoms with E-state index in [1.54, 1.807) is 21.6 Å². The summed E-state index contributed by atoms with van der Waals surface area (Å²) in [5.74, 6) is -0.506. The zero-order valence-corrected chi connectivity index (χ0v) is 16.0. The second-order valence-electron chi connectivity index (χ2n) is 7.14. The van der Waals surface area contributed by atoms with Gasteiger partial charge in [0.2, 0.25) is 0 Å². The fraction of sp³-hybridized carbons (Fsp3) is 0.261. The van der Waals surface area contributed by atoms with Crippen LogP contribution < -0.4 is 4.74 Å². The lowest BCUT2D eigenvalue weighted by atomic mass is 10.2. The molecule has 0 aliphatic carbocycles. The lowest BCUT2D eigenvalue weighted by Crippen LogP contribution is -2.29. The highest BCUT2D eigenvalue weighted by Crippen LogP contribution is 2.31. The van der Waals surface area contributed by atoms with Crippen molar-refractivity contribution in [1.82, 2.24) is 9.47 Å². The van der Waals surface area contributed by atoms with Gasteiger partial charge in [0, 0.05) is 24.0 Å². The van der Waals surface area contributed by atoms with Gasteiger partial charge < -0.3 is 14.2 Å². The van der Waals surface area contributed by atoms with Crippen LogP contribution in [0.1, 0.15) is 28.9 Å². The number of amides is 1. The van der Waals surface area contributed by atoms with Gasteiger partial charge in [0.1, 0.15) is 29.7 Å². The zero-order chi connectivity index (χ0) is 20.4. The third-order valence-electron chi connectivity index (χ3n) is 5.21. The van der Waals surface area contributed by atoms with E-state index in [1.165, 1.54) is 6.07 Å². The molecule has 4 rings (SSSR count). The van der Waals surface area contributed by atoms with Gasteiger partial charge in [0.05, 0.1) is 12.1 Å². The van der Waals surface area contributed by atoms with Gasteiger partial charge in [-0.2, -0.15) is 0 Å². The van der Waals surface area contributed by atoms with E-state index in [0.717, 1.165) is 35.9 Å². The number of carbonyl (C=O) groups is 1. The lowest BCUT2D eigenvalue weighted by molar-refractivity contribution is 0.0783. The number of rotatable bonds is 6. The highest BCUT2D eigenvalue weighted by atomic mass is 19.1. The van der Waals surface area contributed by atoms with Crippen LogP contribution in [-0.4, -0.2) is 35.1 Å². The Kier molecular flexibility index (Phi) is 5.34. The number of hydrogen-bond donors (Lipinski definition) is 0. The second kappa shape index (κ2) is 8.07. The minimum atomic E-state index is -0.514. The smallest absolute Gasteiger partial charge is 0.270 e. The number of halogens is 2. The standard InChI is InChI=1S/C23H22F2N2O2/c1-2-12-29-22-7-5-6-20-18(22)14-21(23(28)26-10-3-4-11-26)27(20)15-16-13-17(24)8-9-19(16)25/h2,5-9,13-14H,1,3-4,10-12,15H2. The molecule has 1 aliphatic rings. The van der Waals surface area contributed by atoms with Crippen LogP contribution in [0.4, 0.5) is 8.78 Å². The fourth-order valence-electron chi connectivity index (χ4n) is 3.80. The number of likely N-dealkylation sites (tertiary alicyclic amines) is 1. The van der Waals surface area contributed by atoms with Crippen molar-refractivity contribution in [2.24, 2.45) is 0 Å². The van der Waals surface area contributed by atoms with Crippen molar-refractivity contribution >= 4 is 16.8 Å². The molecule has 3 aromatic rings. The van der Waals surface area contributed by atoms with Crippen molar-refractivity contribution in [3.63, 3.8) is 0 Å². The average molecular weight is 396 g/mol. The lowest BCUT2D eigenvalue weighted by Gasteiger charge is -2.17. The molecule has 0 spiro atoms. The highest BCUT2D eigenvalue weighted by Gasteiger charge is 2.25. The first kappa shape index (κ1) is 19.2. The fourth-order valence-corrected chi connectivity index (χ4v) is 3.80. The molecule has 0 atom stereocenters. The van der Waals surface area contributed by atoms with E-state index in [-0.39, 0.29) is 18.0 Å². The Morgan fingerprint density at radius 1 is 1.14 bits per heavy atom. The topological polar surface area (TPSA) is 34.5 Å². The van der Waals surface area contributed by atoms with Crippen molar-refractivity contribution in [3.05, 3.63) is 78.0 Å². The number of hydrogen-bond acceptors (Lipinski definition) is 2. The van der Waals surface area contributed by atoms with E-state index >= 15 is 0 Å². The molecular weight excluding hydrogens is 374 g/mol. The monoisotopic (exact) mass is 396 g/mol. The molecule has 0 saturated carbocycles. The maximum absolute atomic E-state index is 14.3. The van der Waals surface area contributed by atoms with Crippen LogP contribution in [0.15, 0.2) is 55.1 Å². The van der Waals surface area contributed by atoms with Gasteiger partial charge in [-0.15, -0.1) is 0 Å². The van der Waals surface area contributed by atoms with Crippen LogP contribution in [0.5, 0.6) is 5.75 Å².